The Labute approximate surface area is 147 Å². The van der Waals surface area contributed by atoms with Gasteiger partial charge in [-0.15, -0.1) is 0 Å². The maximum absolute atomic E-state index is 6.40. The van der Waals surface area contributed by atoms with Crippen LogP contribution in [-0.2, 0) is 4.84 Å². The van der Waals surface area contributed by atoms with Crippen LogP contribution in [0.15, 0.2) is 41.7 Å². The van der Waals surface area contributed by atoms with Gasteiger partial charge in [-0.3, -0.25) is 14.7 Å². The normalized spacial score (nSPS) is 31.6. The first-order valence-corrected chi connectivity index (χ1v) is 9.24. The molecule has 5 nitrogen and oxygen atoms in total. The van der Waals surface area contributed by atoms with Gasteiger partial charge in [0.1, 0.15) is 12.8 Å². The summed E-state index contributed by atoms with van der Waals surface area (Å²) < 4.78 is 0. The summed E-state index contributed by atoms with van der Waals surface area (Å²) in [6.45, 7) is 5.32. The first kappa shape index (κ1) is 15.2. The van der Waals surface area contributed by atoms with Crippen LogP contribution in [0.25, 0.3) is 16.5 Å². The molecule has 1 aromatic heterocycles. The van der Waals surface area contributed by atoms with E-state index in [-0.39, 0.29) is 6.10 Å². The molecule has 3 fully saturated rings. The number of piperidine rings is 3. The Bertz CT molecular complexity index is 829. The van der Waals surface area contributed by atoms with E-state index in [2.05, 4.69) is 52.3 Å². The molecule has 5 heterocycles. The van der Waals surface area contributed by atoms with E-state index in [1.165, 1.54) is 36.9 Å². The van der Waals surface area contributed by atoms with Crippen LogP contribution < -0.4 is 0 Å². The van der Waals surface area contributed by atoms with Crippen molar-refractivity contribution in [1.29, 1.82) is 0 Å². The molecule has 4 aliphatic heterocycles. The average Bonchev–Trinajstić information content (AvgIpc) is 3.13. The summed E-state index contributed by atoms with van der Waals surface area (Å²) in [5, 5.41) is 3.15. The number of hydrogen-bond acceptors (Lipinski definition) is 4. The summed E-state index contributed by atoms with van der Waals surface area (Å²) in [6.07, 6.45) is 8.82. The number of aromatic amines is 1. The van der Waals surface area contributed by atoms with Gasteiger partial charge in [0.05, 0.1) is 0 Å². The molecule has 0 unspecified atom stereocenters. The lowest BCUT2D eigenvalue weighted by Gasteiger charge is -2.50. The quantitative estimate of drug-likeness (QED) is 0.935. The number of aliphatic imine (C=N–C) groups is 1. The van der Waals surface area contributed by atoms with E-state index < -0.39 is 0 Å². The Morgan fingerprint density at radius 2 is 2.08 bits per heavy atom. The molecule has 2 atom stereocenters. The van der Waals surface area contributed by atoms with Gasteiger partial charge in [0.2, 0.25) is 0 Å². The van der Waals surface area contributed by atoms with E-state index in [0.717, 1.165) is 11.1 Å². The minimum Gasteiger partial charge on any atom is -0.361 e. The van der Waals surface area contributed by atoms with Crippen molar-refractivity contribution < 1.29 is 4.84 Å². The van der Waals surface area contributed by atoms with Crippen LogP contribution in [0.1, 0.15) is 25.3 Å². The van der Waals surface area contributed by atoms with Gasteiger partial charge in [0, 0.05) is 35.7 Å². The summed E-state index contributed by atoms with van der Waals surface area (Å²) in [4.78, 5) is 16.7. The molecule has 3 saturated heterocycles. The third-order valence-corrected chi connectivity index (χ3v) is 5.97. The van der Waals surface area contributed by atoms with Crippen molar-refractivity contribution in [2.24, 2.45) is 10.9 Å². The largest absolute Gasteiger partial charge is 0.361 e. The number of hydrogen-bond donors (Lipinski definition) is 1. The molecule has 2 aromatic rings. The fourth-order valence-electron chi connectivity index (χ4n) is 4.48. The predicted molar refractivity (Wildman–Crippen MR) is 100 cm³/mol. The average molecular weight is 336 g/mol. The lowest BCUT2D eigenvalue weighted by Crippen LogP contribution is -2.58. The maximum Gasteiger partial charge on any atom is 0.135 e. The highest BCUT2D eigenvalue weighted by molar-refractivity contribution is 6.11. The lowest BCUT2D eigenvalue weighted by molar-refractivity contribution is -0.223. The molecule has 0 saturated carbocycles. The summed E-state index contributed by atoms with van der Waals surface area (Å²) in [7, 11) is 0. The Balaban J connectivity index is 1.37. The van der Waals surface area contributed by atoms with Crippen LogP contribution in [0.4, 0.5) is 0 Å². The zero-order valence-electron chi connectivity index (χ0n) is 14.6. The fourth-order valence-corrected chi connectivity index (χ4v) is 4.48. The van der Waals surface area contributed by atoms with Crippen molar-refractivity contribution in [3.05, 3.63) is 42.2 Å². The van der Waals surface area contributed by atoms with Crippen LogP contribution in [-0.4, -0.2) is 53.1 Å². The summed E-state index contributed by atoms with van der Waals surface area (Å²) >= 11 is 0. The molecule has 25 heavy (non-hydrogen) atoms. The van der Waals surface area contributed by atoms with Crippen molar-refractivity contribution in [2.75, 3.05) is 19.8 Å². The van der Waals surface area contributed by atoms with Crippen LogP contribution in [0.3, 0.4) is 0 Å². The van der Waals surface area contributed by atoms with Gasteiger partial charge >= 0.3 is 0 Å². The highest BCUT2D eigenvalue weighted by Crippen LogP contribution is 2.35. The van der Waals surface area contributed by atoms with E-state index in [9.17, 15) is 0 Å². The van der Waals surface area contributed by atoms with Crippen LogP contribution in [0, 0.1) is 5.92 Å². The topological polar surface area (TPSA) is 43.9 Å². The maximum atomic E-state index is 6.40. The van der Waals surface area contributed by atoms with Crippen LogP contribution in [0.2, 0.25) is 0 Å². The second-order valence-corrected chi connectivity index (χ2v) is 7.42. The highest BCUT2D eigenvalue weighted by atomic mass is 16.7. The Morgan fingerprint density at radius 1 is 1.20 bits per heavy atom. The molecule has 5 heteroatoms. The SMILES string of the molecule is C[C@H]1[C@H](ON2C=C(c3ccc4[nH]ccc4c3)C=NC2)C2CCN1CC2. The van der Waals surface area contributed by atoms with E-state index in [1.807, 2.05) is 17.5 Å². The zero-order chi connectivity index (χ0) is 16.8. The van der Waals surface area contributed by atoms with E-state index in [0.29, 0.717) is 18.6 Å². The minimum atomic E-state index is 0.278. The smallest absolute Gasteiger partial charge is 0.135 e. The molecule has 0 spiro atoms. The van der Waals surface area contributed by atoms with Crippen molar-refractivity contribution in [1.82, 2.24) is 14.9 Å². The number of fused-ring (bicyclic) bond motifs is 4. The third-order valence-electron chi connectivity index (χ3n) is 5.97. The van der Waals surface area contributed by atoms with Crippen molar-refractivity contribution in [3.8, 4) is 0 Å². The fraction of sp³-hybridized carbons (Fsp3) is 0.450. The van der Waals surface area contributed by atoms with Crippen molar-refractivity contribution in [3.63, 3.8) is 0 Å². The van der Waals surface area contributed by atoms with E-state index in [1.54, 1.807) is 0 Å². The molecule has 0 amide bonds. The molecule has 0 aliphatic carbocycles. The van der Waals surface area contributed by atoms with Crippen LogP contribution in [0.5, 0.6) is 0 Å². The summed E-state index contributed by atoms with van der Waals surface area (Å²) in [5.74, 6) is 0.680. The molecular formula is C20H24N4O. The number of aromatic nitrogens is 1. The molecule has 1 aromatic carbocycles. The monoisotopic (exact) mass is 336 g/mol. The van der Waals surface area contributed by atoms with Gasteiger partial charge in [-0.2, -0.15) is 0 Å². The zero-order valence-corrected chi connectivity index (χ0v) is 14.6. The molecule has 4 aliphatic rings. The van der Waals surface area contributed by atoms with Gasteiger partial charge in [-0.05, 0) is 67.9 Å². The second kappa shape index (κ2) is 6.00. The number of nitrogens with one attached hydrogen (secondary N) is 1. The van der Waals surface area contributed by atoms with Crippen LogP contribution >= 0.6 is 0 Å². The molecule has 2 bridgehead atoms. The minimum absolute atomic E-state index is 0.278. The molecule has 0 radical (unpaired) electrons. The number of H-pyrrole nitrogens is 1. The number of benzene rings is 1. The lowest BCUT2D eigenvalue weighted by atomic mass is 9.81. The second-order valence-electron chi connectivity index (χ2n) is 7.42. The first-order chi connectivity index (χ1) is 12.3. The Hall–Kier alpha value is -2.11. The molecule has 1 N–H and O–H groups in total. The predicted octanol–water partition coefficient (Wildman–Crippen LogP) is 3.27. The van der Waals surface area contributed by atoms with Gasteiger partial charge < -0.3 is 4.98 Å². The van der Waals surface area contributed by atoms with E-state index >= 15 is 0 Å². The summed E-state index contributed by atoms with van der Waals surface area (Å²) in [6, 6.07) is 9.05. The Kier molecular flexibility index (Phi) is 3.64. The molecule has 6 rings (SSSR count). The molecule has 130 valence electrons. The number of allylic oxidation sites excluding steroid dienone is 1. The first-order valence-electron chi connectivity index (χ1n) is 9.24. The highest BCUT2D eigenvalue weighted by Gasteiger charge is 2.41. The van der Waals surface area contributed by atoms with Crippen molar-refractivity contribution in [2.45, 2.75) is 31.9 Å². The Morgan fingerprint density at radius 3 is 2.92 bits per heavy atom. The van der Waals surface area contributed by atoms with Crippen molar-refractivity contribution >= 4 is 22.7 Å². The number of rotatable bonds is 3. The molecular weight excluding hydrogens is 312 g/mol. The summed E-state index contributed by atoms with van der Waals surface area (Å²) in [5.41, 5.74) is 3.43. The van der Waals surface area contributed by atoms with Gasteiger partial charge in [0.25, 0.3) is 0 Å². The van der Waals surface area contributed by atoms with Gasteiger partial charge in [-0.25, -0.2) is 5.06 Å². The number of hydroxylamine groups is 2. The van der Waals surface area contributed by atoms with Gasteiger partial charge in [-0.1, -0.05) is 6.07 Å². The van der Waals surface area contributed by atoms with Gasteiger partial charge in [0.15, 0.2) is 0 Å². The number of nitrogens with zero attached hydrogens (tertiary/aromatic N) is 3. The third kappa shape index (κ3) is 2.68. The standard InChI is InChI=1S/C20H24N4O/c1-14-20(15-5-8-23(14)9-6-15)25-24-12-18(11-21-13-24)16-2-3-19-17(10-16)4-7-22-19/h2-4,7,10-12,14-15,20,22H,5-6,8-9,13H2,1H3/t14-,20-/m0/s1. The van der Waals surface area contributed by atoms with E-state index in [4.69, 9.17) is 4.84 Å².